The SMILES string of the molecule is CC[C@H](C(=O)NC)N(Cc1ccccc1Cl)C(=O)CN(c1ccc2c(c1)OCO2)S(C)(=O)=O. The lowest BCUT2D eigenvalue weighted by Gasteiger charge is -2.32. The van der Waals surface area contributed by atoms with Crippen LogP contribution >= 0.6 is 11.6 Å². The first kappa shape index (κ1) is 24.7. The van der Waals surface area contributed by atoms with Gasteiger partial charge in [0.15, 0.2) is 11.5 Å². The molecule has 1 aliphatic rings. The number of anilines is 1. The number of amides is 2. The smallest absolute Gasteiger partial charge is 0.244 e. The maximum Gasteiger partial charge on any atom is 0.244 e. The van der Waals surface area contributed by atoms with Crippen molar-refractivity contribution in [2.45, 2.75) is 25.9 Å². The van der Waals surface area contributed by atoms with Gasteiger partial charge >= 0.3 is 0 Å². The highest BCUT2D eigenvalue weighted by Crippen LogP contribution is 2.36. The molecule has 1 N–H and O–H groups in total. The van der Waals surface area contributed by atoms with Crippen LogP contribution in [0.1, 0.15) is 18.9 Å². The molecule has 0 aromatic heterocycles. The summed E-state index contributed by atoms with van der Waals surface area (Å²) in [5, 5.41) is 3.01. The molecule has 1 aliphatic heterocycles. The molecule has 0 aliphatic carbocycles. The number of nitrogens with one attached hydrogen (secondary N) is 1. The summed E-state index contributed by atoms with van der Waals surface area (Å²) in [6, 6.07) is 10.8. The lowest BCUT2D eigenvalue weighted by atomic mass is 10.1. The second kappa shape index (κ2) is 10.3. The van der Waals surface area contributed by atoms with E-state index in [0.717, 1.165) is 10.6 Å². The van der Waals surface area contributed by atoms with Gasteiger partial charge in [-0.1, -0.05) is 36.7 Å². The Kier molecular flexibility index (Phi) is 7.70. The Balaban J connectivity index is 1.95. The fourth-order valence-corrected chi connectivity index (χ4v) is 4.59. The van der Waals surface area contributed by atoms with Crippen LogP contribution in [-0.2, 0) is 26.2 Å². The van der Waals surface area contributed by atoms with E-state index in [4.69, 9.17) is 21.1 Å². The first-order valence-electron chi connectivity index (χ1n) is 10.3. The van der Waals surface area contributed by atoms with E-state index < -0.39 is 28.5 Å². The van der Waals surface area contributed by atoms with Crippen molar-refractivity contribution in [3.05, 3.63) is 53.1 Å². The zero-order chi connectivity index (χ0) is 24.2. The molecule has 1 heterocycles. The van der Waals surface area contributed by atoms with E-state index in [1.165, 1.54) is 24.1 Å². The quantitative estimate of drug-likeness (QED) is 0.572. The summed E-state index contributed by atoms with van der Waals surface area (Å²) in [6.45, 7) is 1.35. The lowest BCUT2D eigenvalue weighted by Crippen LogP contribution is -2.51. The largest absolute Gasteiger partial charge is 0.454 e. The van der Waals surface area contributed by atoms with Gasteiger partial charge in [-0.15, -0.1) is 0 Å². The van der Waals surface area contributed by atoms with Crippen molar-refractivity contribution in [1.82, 2.24) is 10.2 Å². The Morgan fingerprint density at radius 2 is 1.85 bits per heavy atom. The Labute approximate surface area is 198 Å². The number of carbonyl (C=O) groups is 2. The fourth-order valence-electron chi connectivity index (χ4n) is 3.55. The van der Waals surface area contributed by atoms with Crippen molar-refractivity contribution in [2.75, 3.05) is 30.9 Å². The zero-order valence-corrected chi connectivity index (χ0v) is 20.1. The van der Waals surface area contributed by atoms with Crippen molar-refractivity contribution < 1.29 is 27.5 Å². The molecule has 1 atom stereocenters. The molecule has 0 spiro atoms. The molecule has 11 heteroatoms. The van der Waals surface area contributed by atoms with Crippen LogP contribution in [0.2, 0.25) is 5.02 Å². The number of ether oxygens (including phenoxy) is 2. The van der Waals surface area contributed by atoms with Crippen molar-refractivity contribution in [3.8, 4) is 11.5 Å². The molecule has 0 bridgehead atoms. The predicted octanol–water partition coefficient (Wildman–Crippen LogP) is 2.39. The van der Waals surface area contributed by atoms with Crippen LogP contribution in [0, 0.1) is 0 Å². The topological polar surface area (TPSA) is 105 Å². The fraction of sp³-hybridized carbons (Fsp3) is 0.364. The Morgan fingerprint density at radius 3 is 2.48 bits per heavy atom. The number of hydrogen-bond donors (Lipinski definition) is 1. The van der Waals surface area contributed by atoms with E-state index in [2.05, 4.69) is 5.32 Å². The van der Waals surface area contributed by atoms with E-state index in [0.29, 0.717) is 28.5 Å². The van der Waals surface area contributed by atoms with Crippen molar-refractivity contribution in [3.63, 3.8) is 0 Å². The minimum Gasteiger partial charge on any atom is -0.454 e. The van der Waals surface area contributed by atoms with Crippen LogP contribution in [0.3, 0.4) is 0 Å². The van der Waals surface area contributed by atoms with E-state index in [1.807, 2.05) is 0 Å². The second-order valence-electron chi connectivity index (χ2n) is 7.46. The average Bonchev–Trinajstić information content (AvgIpc) is 3.25. The molecule has 9 nitrogen and oxygen atoms in total. The number of likely N-dealkylation sites (N-methyl/N-ethyl adjacent to an activating group) is 1. The van der Waals surface area contributed by atoms with E-state index in [-0.39, 0.29) is 24.9 Å². The highest BCUT2D eigenvalue weighted by Gasteiger charge is 2.32. The minimum absolute atomic E-state index is 0.0342. The van der Waals surface area contributed by atoms with Crippen LogP contribution in [0.4, 0.5) is 5.69 Å². The summed E-state index contributed by atoms with van der Waals surface area (Å²) in [5.41, 5.74) is 0.893. The molecule has 2 aromatic carbocycles. The highest BCUT2D eigenvalue weighted by atomic mass is 35.5. The van der Waals surface area contributed by atoms with Crippen molar-refractivity contribution in [1.29, 1.82) is 0 Å². The molecule has 3 rings (SSSR count). The van der Waals surface area contributed by atoms with Gasteiger partial charge in [0.05, 0.1) is 11.9 Å². The third kappa shape index (κ3) is 5.69. The molecule has 0 fully saturated rings. The second-order valence-corrected chi connectivity index (χ2v) is 9.77. The minimum atomic E-state index is -3.84. The van der Waals surface area contributed by atoms with Gasteiger partial charge in [0.2, 0.25) is 28.6 Å². The van der Waals surface area contributed by atoms with Crippen LogP contribution in [-0.4, -0.2) is 57.8 Å². The highest BCUT2D eigenvalue weighted by molar-refractivity contribution is 7.92. The van der Waals surface area contributed by atoms with Gasteiger partial charge in [0.25, 0.3) is 0 Å². The Morgan fingerprint density at radius 1 is 1.15 bits per heavy atom. The molecule has 2 amide bonds. The first-order valence-corrected chi connectivity index (χ1v) is 12.5. The summed E-state index contributed by atoms with van der Waals surface area (Å²) in [7, 11) is -2.36. The van der Waals surface area contributed by atoms with Gasteiger partial charge in [0, 0.05) is 24.7 Å². The van der Waals surface area contributed by atoms with Gasteiger partial charge < -0.3 is 19.7 Å². The number of carbonyl (C=O) groups excluding carboxylic acids is 2. The third-order valence-corrected chi connectivity index (χ3v) is 6.76. The molecule has 178 valence electrons. The van der Waals surface area contributed by atoms with Gasteiger partial charge in [-0.3, -0.25) is 13.9 Å². The maximum absolute atomic E-state index is 13.5. The lowest BCUT2D eigenvalue weighted by molar-refractivity contribution is -0.140. The molecule has 0 unspecified atom stereocenters. The molecular weight excluding hydrogens is 470 g/mol. The summed E-state index contributed by atoms with van der Waals surface area (Å²) in [6.07, 6.45) is 1.35. The molecule has 0 saturated carbocycles. The van der Waals surface area contributed by atoms with Gasteiger partial charge in [-0.25, -0.2) is 8.42 Å². The average molecular weight is 496 g/mol. The van der Waals surface area contributed by atoms with Gasteiger partial charge in [-0.05, 0) is 30.2 Å². The van der Waals surface area contributed by atoms with Crippen molar-refractivity contribution in [2.24, 2.45) is 0 Å². The number of rotatable bonds is 9. The van der Waals surface area contributed by atoms with Crippen LogP contribution in [0.5, 0.6) is 11.5 Å². The number of nitrogens with zero attached hydrogens (tertiary/aromatic N) is 2. The summed E-state index contributed by atoms with van der Waals surface area (Å²) in [5.74, 6) is -0.0248. The van der Waals surface area contributed by atoms with Crippen LogP contribution in [0.15, 0.2) is 42.5 Å². The normalized spacial score (nSPS) is 13.3. The van der Waals surface area contributed by atoms with E-state index in [1.54, 1.807) is 37.3 Å². The number of sulfonamides is 1. The number of benzene rings is 2. The van der Waals surface area contributed by atoms with E-state index >= 15 is 0 Å². The van der Waals surface area contributed by atoms with Crippen LogP contribution < -0.4 is 19.1 Å². The Hall–Kier alpha value is -2.98. The van der Waals surface area contributed by atoms with Gasteiger partial charge in [0.1, 0.15) is 12.6 Å². The van der Waals surface area contributed by atoms with Crippen LogP contribution in [0.25, 0.3) is 0 Å². The third-order valence-electron chi connectivity index (χ3n) is 5.25. The number of halogens is 1. The maximum atomic E-state index is 13.5. The standard InChI is InChI=1S/C22H26ClN3O6S/c1-4-18(22(28)24-2)25(12-15-7-5-6-8-17(15)23)21(27)13-26(33(3,29)30)16-9-10-19-20(11-16)32-14-31-19/h5-11,18H,4,12-14H2,1-3H3,(H,24,28)/t18-/m1/s1. The zero-order valence-electron chi connectivity index (χ0n) is 18.6. The van der Waals surface area contributed by atoms with E-state index in [9.17, 15) is 18.0 Å². The molecule has 2 aromatic rings. The summed E-state index contributed by atoms with van der Waals surface area (Å²) in [4.78, 5) is 27.4. The molecular formula is C22H26ClN3O6S. The number of hydrogen-bond acceptors (Lipinski definition) is 6. The molecule has 0 radical (unpaired) electrons. The predicted molar refractivity (Wildman–Crippen MR) is 125 cm³/mol. The first-order chi connectivity index (χ1) is 15.7. The molecule has 33 heavy (non-hydrogen) atoms. The summed E-state index contributed by atoms with van der Waals surface area (Å²) >= 11 is 6.29. The van der Waals surface area contributed by atoms with Gasteiger partial charge in [-0.2, -0.15) is 0 Å². The monoisotopic (exact) mass is 495 g/mol. The summed E-state index contributed by atoms with van der Waals surface area (Å²) < 4.78 is 36.8. The number of fused-ring (bicyclic) bond motifs is 1. The van der Waals surface area contributed by atoms with Crippen molar-refractivity contribution >= 4 is 39.1 Å². The Bertz CT molecular complexity index is 1140. The molecule has 0 saturated heterocycles.